The van der Waals surface area contributed by atoms with Crippen LogP contribution < -0.4 is 9.47 Å². The number of aliphatic imine (C=N–C) groups is 1. The van der Waals surface area contributed by atoms with Crippen molar-refractivity contribution < 1.29 is 27.4 Å². The molecule has 0 atom stereocenters. The summed E-state index contributed by atoms with van der Waals surface area (Å²) >= 11 is 0. The molecule has 0 aromatic heterocycles. The summed E-state index contributed by atoms with van der Waals surface area (Å²) in [7, 11) is 0. The minimum absolute atomic E-state index is 0.0603. The smallest absolute Gasteiger partial charge is 0.416 e. The van der Waals surface area contributed by atoms with Gasteiger partial charge in [-0.15, -0.1) is 0 Å². The molecular formula is C27H24F3N3O3. The lowest BCUT2D eigenvalue weighted by molar-refractivity contribution is -0.137. The third-order valence-electron chi connectivity index (χ3n) is 6.11. The zero-order chi connectivity index (χ0) is 25.1. The lowest BCUT2D eigenvalue weighted by Gasteiger charge is -2.25. The predicted octanol–water partition coefficient (Wildman–Crippen LogP) is 5.50. The van der Waals surface area contributed by atoms with E-state index in [9.17, 15) is 18.0 Å². The van der Waals surface area contributed by atoms with Gasteiger partial charge in [-0.1, -0.05) is 30.3 Å². The summed E-state index contributed by atoms with van der Waals surface area (Å²) in [6.07, 6.45) is -3.82. The van der Waals surface area contributed by atoms with Gasteiger partial charge < -0.3 is 19.3 Å². The fourth-order valence-corrected chi connectivity index (χ4v) is 4.27. The van der Waals surface area contributed by atoms with E-state index in [0.717, 1.165) is 12.1 Å². The van der Waals surface area contributed by atoms with Crippen LogP contribution in [0.1, 0.15) is 17.5 Å². The summed E-state index contributed by atoms with van der Waals surface area (Å²) in [4.78, 5) is 21.2. The molecule has 3 aromatic rings. The fraction of sp³-hybridized carbons (Fsp3) is 0.259. The zero-order valence-electron chi connectivity index (χ0n) is 19.4. The summed E-state index contributed by atoms with van der Waals surface area (Å²) in [5, 5.41) is 0. The number of amides is 1. The molecule has 2 heterocycles. The van der Waals surface area contributed by atoms with Gasteiger partial charge in [0, 0.05) is 26.2 Å². The molecule has 0 spiro atoms. The van der Waals surface area contributed by atoms with Gasteiger partial charge in [0.2, 0.25) is 0 Å². The first-order chi connectivity index (χ1) is 17.4. The number of para-hydroxylation sites is 2. The van der Waals surface area contributed by atoms with Gasteiger partial charge in [-0.2, -0.15) is 13.2 Å². The Hall–Kier alpha value is -4.01. The SMILES string of the molecule is O=C(COc1ccccc1)N1CCCN(C2=Nc3cc(C(F)(F)F)ccc3Oc3ccccc32)CC1. The normalized spacial score (nSPS) is 15.6. The minimum atomic E-state index is -4.49. The van der Waals surface area contributed by atoms with Gasteiger partial charge in [0.15, 0.2) is 12.4 Å². The quantitative estimate of drug-likeness (QED) is 0.481. The molecular weight excluding hydrogens is 471 g/mol. The zero-order valence-corrected chi connectivity index (χ0v) is 19.4. The number of rotatable bonds is 3. The molecule has 0 radical (unpaired) electrons. The highest BCUT2D eigenvalue weighted by Gasteiger charge is 2.32. The lowest BCUT2D eigenvalue weighted by atomic mass is 10.1. The number of hydrogen-bond acceptors (Lipinski definition) is 5. The number of halogens is 3. The van der Waals surface area contributed by atoms with Crippen LogP contribution in [0.2, 0.25) is 0 Å². The van der Waals surface area contributed by atoms with Crippen LogP contribution in [-0.4, -0.2) is 54.3 Å². The summed E-state index contributed by atoms with van der Waals surface area (Å²) in [5.74, 6) is 1.81. The summed E-state index contributed by atoms with van der Waals surface area (Å²) < 4.78 is 51.7. The van der Waals surface area contributed by atoms with E-state index < -0.39 is 11.7 Å². The number of hydrogen-bond donors (Lipinski definition) is 0. The molecule has 1 amide bonds. The van der Waals surface area contributed by atoms with E-state index >= 15 is 0 Å². The van der Waals surface area contributed by atoms with Gasteiger partial charge in [-0.3, -0.25) is 4.79 Å². The maximum absolute atomic E-state index is 13.4. The van der Waals surface area contributed by atoms with Gasteiger partial charge in [-0.25, -0.2) is 4.99 Å². The molecule has 0 unspecified atom stereocenters. The van der Waals surface area contributed by atoms with Crippen LogP contribution in [0.15, 0.2) is 77.8 Å². The highest BCUT2D eigenvalue weighted by Crippen LogP contribution is 2.41. The molecule has 1 fully saturated rings. The second-order valence-corrected chi connectivity index (χ2v) is 8.54. The van der Waals surface area contributed by atoms with Crippen molar-refractivity contribution >= 4 is 17.4 Å². The van der Waals surface area contributed by atoms with Gasteiger partial charge >= 0.3 is 6.18 Å². The van der Waals surface area contributed by atoms with Crippen LogP contribution in [0.3, 0.4) is 0 Å². The predicted molar refractivity (Wildman–Crippen MR) is 129 cm³/mol. The van der Waals surface area contributed by atoms with E-state index in [1.807, 2.05) is 35.2 Å². The van der Waals surface area contributed by atoms with Gasteiger partial charge in [0.25, 0.3) is 5.91 Å². The third kappa shape index (κ3) is 5.15. The number of amidine groups is 1. The molecule has 0 aliphatic carbocycles. The Kier molecular flexibility index (Phi) is 6.54. The first-order valence-electron chi connectivity index (χ1n) is 11.7. The fourth-order valence-electron chi connectivity index (χ4n) is 4.27. The Balaban J connectivity index is 1.38. The van der Waals surface area contributed by atoms with Crippen molar-refractivity contribution in [2.24, 2.45) is 4.99 Å². The van der Waals surface area contributed by atoms with E-state index in [2.05, 4.69) is 4.99 Å². The van der Waals surface area contributed by atoms with Crippen molar-refractivity contribution in [1.29, 1.82) is 0 Å². The Morgan fingerprint density at radius 2 is 1.69 bits per heavy atom. The average Bonchev–Trinajstić information content (AvgIpc) is 3.22. The largest absolute Gasteiger partial charge is 0.484 e. The molecule has 2 aliphatic rings. The number of benzene rings is 3. The monoisotopic (exact) mass is 495 g/mol. The topological polar surface area (TPSA) is 54.4 Å². The minimum Gasteiger partial charge on any atom is -0.484 e. The van der Waals surface area contributed by atoms with Crippen LogP contribution in [0.25, 0.3) is 0 Å². The number of carbonyl (C=O) groups excluding carboxylic acids is 1. The van der Waals surface area contributed by atoms with Crippen molar-refractivity contribution in [3.63, 3.8) is 0 Å². The van der Waals surface area contributed by atoms with Crippen molar-refractivity contribution in [2.45, 2.75) is 12.6 Å². The Morgan fingerprint density at radius 3 is 2.50 bits per heavy atom. The third-order valence-corrected chi connectivity index (χ3v) is 6.11. The first-order valence-corrected chi connectivity index (χ1v) is 11.7. The highest BCUT2D eigenvalue weighted by molar-refractivity contribution is 6.03. The molecule has 9 heteroatoms. The van der Waals surface area contributed by atoms with Crippen LogP contribution in [0.5, 0.6) is 17.2 Å². The Bertz CT molecular complexity index is 1280. The van der Waals surface area contributed by atoms with E-state index in [4.69, 9.17) is 9.47 Å². The number of fused-ring (bicyclic) bond motifs is 2. The maximum atomic E-state index is 13.4. The van der Waals surface area contributed by atoms with Crippen LogP contribution in [0, 0.1) is 0 Å². The Morgan fingerprint density at radius 1 is 0.917 bits per heavy atom. The van der Waals surface area contributed by atoms with Gasteiger partial charge in [0.05, 0.1) is 11.1 Å². The molecule has 0 N–H and O–H groups in total. The maximum Gasteiger partial charge on any atom is 0.416 e. The van der Waals surface area contributed by atoms with E-state index in [-0.39, 0.29) is 24.0 Å². The number of nitrogens with zero attached hydrogens (tertiary/aromatic N) is 3. The van der Waals surface area contributed by atoms with Gasteiger partial charge in [0.1, 0.15) is 23.0 Å². The second kappa shape index (κ2) is 9.93. The lowest BCUT2D eigenvalue weighted by Crippen LogP contribution is -2.39. The van der Waals surface area contributed by atoms with Crippen LogP contribution >= 0.6 is 0 Å². The molecule has 2 aliphatic heterocycles. The second-order valence-electron chi connectivity index (χ2n) is 8.54. The Labute approximate surface area is 206 Å². The van der Waals surface area contributed by atoms with E-state index in [0.29, 0.717) is 55.5 Å². The molecule has 0 saturated carbocycles. The summed E-state index contributed by atoms with van der Waals surface area (Å²) in [6.45, 7) is 1.99. The summed E-state index contributed by atoms with van der Waals surface area (Å²) in [6, 6.07) is 19.7. The van der Waals surface area contributed by atoms with Crippen molar-refractivity contribution in [3.8, 4) is 17.2 Å². The number of carbonyl (C=O) groups is 1. The van der Waals surface area contributed by atoms with E-state index in [1.165, 1.54) is 6.07 Å². The van der Waals surface area contributed by atoms with E-state index in [1.54, 1.807) is 29.2 Å². The van der Waals surface area contributed by atoms with Crippen molar-refractivity contribution in [2.75, 3.05) is 32.8 Å². The standard InChI is InChI=1S/C27H24F3N3O3/c28-27(29,30)19-11-12-24-22(17-19)31-26(21-9-4-5-10-23(21)36-24)33-14-6-13-32(15-16-33)25(34)18-35-20-7-2-1-3-8-20/h1-5,7-12,17H,6,13-16,18H2. The number of alkyl halides is 3. The molecule has 0 bridgehead atoms. The van der Waals surface area contributed by atoms with Gasteiger partial charge in [-0.05, 0) is 48.9 Å². The molecule has 6 nitrogen and oxygen atoms in total. The first kappa shape index (κ1) is 23.7. The van der Waals surface area contributed by atoms with Crippen LogP contribution in [-0.2, 0) is 11.0 Å². The van der Waals surface area contributed by atoms with Crippen molar-refractivity contribution in [3.05, 3.63) is 83.9 Å². The molecule has 5 rings (SSSR count). The molecule has 36 heavy (non-hydrogen) atoms. The molecule has 186 valence electrons. The molecule has 1 saturated heterocycles. The summed E-state index contributed by atoms with van der Waals surface area (Å²) in [5.41, 5.74) is 0.0175. The molecule has 3 aromatic carbocycles. The van der Waals surface area contributed by atoms with Crippen LogP contribution in [0.4, 0.5) is 18.9 Å². The average molecular weight is 496 g/mol. The van der Waals surface area contributed by atoms with Crippen molar-refractivity contribution in [1.82, 2.24) is 9.80 Å². The highest BCUT2D eigenvalue weighted by atomic mass is 19.4. The number of ether oxygens (including phenoxy) is 2.